The van der Waals surface area contributed by atoms with Crippen molar-refractivity contribution in [2.75, 3.05) is 19.0 Å². The molecule has 0 radical (unpaired) electrons. The van der Waals surface area contributed by atoms with Crippen molar-refractivity contribution in [2.45, 2.75) is 13.2 Å². The smallest absolute Gasteiger partial charge is 0.387 e. The highest BCUT2D eigenvalue weighted by Gasteiger charge is 2.16. The van der Waals surface area contributed by atoms with E-state index >= 15 is 0 Å². The lowest BCUT2D eigenvalue weighted by Gasteiger charge is -2.14. The normalized spacial score (nSPS) is 10.6. The zero-order chi connectivity index (χ0) is 20.6. The van der Waals surface area contributed by atoms with Crippen molar-refractivity contribution in [1.29, 1.82) is 0 Å². The van der Waals surface area contributed by atoms with E-state index < -0.39 is 12.5 Å². The van der Waals surface area contributed by atoms with E-state index in [-0.39, 0.29) is 17.1 Å². The van der Waals surface area contributed by atoms with E-state index in [1.807, 2.05) is 10.8 Å². The van der Waals surface area contributed by atoms with Crippen molar-refractivity contribution in [3.8, 4) is 17.2 Å². The zero-order valence-electron chi connectivity index (χ0n) is 15.5. The molecule has 29 heavy (non-hydrogen) atoms. The number of para-hydroxylation sites is 2. The Hall–Kier alpha value is -3.62. The third-order valence-electron chi connectivity index (χ3n) is 3.94. The molecule has 1 N–H and O–H groups in total. The van der Waals surface area contributed by atoms with Gasteiger partial charge in [-0.15, -0.1) is 0 Å². The predicted molar refractivity (Wildman–Crippen MR) is 102 cm³/mol. The van der Waals surface area contributed by atoms with Crippen molar-refractivity contribution >= 4 is 11.6 Å². The quantitative estimate of drug-likeness (QED) is 0.588. The summed E-state index contributed by atoms with van der Waals surface area (Å²) in [4.78, 5) is 16.6. The summed E-state index contributed by atoms with van der Waals surface area (Å²) in [7, 11) is 1.32. The van der Waals surface area contributed by atoms with Gasteiger partial charge in [-0.25, -0.2) is 4.98 Å². The van der Waals surface area contributed by atoms with Crippen LogP contribution in [0.1, 0.15) is 10.4 Å². The Bertz CT molecular complexity index is 949. The molecule has 0 spiro atoms. The first-order chi connectivity index (χ1) is 14.1. The summed E-state index contributed by atoms with van der Waals surface area (Å²) in [5.41, 5.74) is 0.588. The molecule has 0 bridgehead atoms. The van der Waals surface area contributed by atoms with E-state index in [9.17, 15) is 13.6 Å². The van der Waals surface area contributed by atoms with Crippen LogP contribution in [0.15, 0.2) is 61.2 Å². The molecule has 3 aromatic rings. The number of benzene rings is 2. The minimum atomic E-state index is -3.04. The molecule has 0 aliphatic heterocycles. The molecule has 0 aliphatic rings. The highest BCUT2D eigenvalue weighted by atomic mass is 19.3. The van der Waals surface area contributed by atoms with Crippen LogP contribution >= 0.6 is 0 Å². The van der Waals surface area contributed by atoms with Crippen molar-refractivity contribution in [1.82, 2.24) is 9.55 Å². The number of ether oxygens (including phenoxy) is 3. The number of halogens is 2. The molecule has 0 saturated heterocycles. The van der Waals surface area contributed by atoms with E-state index in [1.165, 1.54) is 25.3 Å². The summed E-state index contributed by atoms with van der Waals surface area (Å²) in [6, 6.07) is 11.0. The molecule has 152 valence electrons. The van der Waals surface area contributed by atoms with Gasteiger partial charge in [0, 0.05) is 18.0 Å². The molecular weight excluding hydrogens is 384 g/mol. The first kappa shape index (κ1) is 20.1. The molecule has 1 heterocycles. The van der Waals surface area contributed by atoms with Crippen molar-refractivity contribution in [3.05, 3.63) is 66.7 Å². The average Bonchev–Trinajstić information content (AvgIpc) is 3.22. The fraction of sp³-hybridized carbons (Fsp3) is 0.200. The standard InChI is InChI=1S/C20H19F2N3O4/c1-27-17-7-6-14(12-18(17)29-20(21)22)19(26)24-15-4-2-3-5-16(15)28-11-10-25-9-8-23-13-25/h2-9,12-13,20H,10-11H2,1H3,(H,24,26). The monoisotopic (exact) mass is 403 g/mol. The highest BCUT2D eigenvalue weighted by molar-refractivity contribution is 6.05. The number of carbonyl (C=O) groups excluding carboxylic acids is 1. The second kappa shape index (κ2) is 9.54. The van der Waals surface area contributed by atoms with Crippen LogP contribution in [0.5, 0.6) is 17.2 Å². The molecule has 0 fully saturated rings. The van der Waals surface area contributed by atoms with Crippen LogP contribution in [0, 0.1) is 0 Å². The third-order valence-corrected chi connectivity index (χ3v) is 3.94. The van der Waals surface area contributed by atoms with Crippen LogP contribution < -0.4 is 19.5 Å². The van der Waals surface area contributed by atoms with Gasteiger partial charge in [0.15, 0.2) is 11.5 Å². The Morgan fingerprint density at radius 1 is 1.17 bits per heavy atom. The fourth-order valence-electron chi connectivity index (χ4n) is 2.58. The number of imidazole rings is 1. The Labute approximate surface area is 165 Å². The van der Waals surface area contributed by atoms with Gasteiger partial charge < -0.3 is 24.1 Å². The number of alkyl halides is 2. The number of carbonyl (C=O) groups is 1. The molecule has 1 aromatic heterocycles. The first-order valence-corrected chi connectivity index (χ1v) is 8.68. The number of nitrogens with zero attached hydrogens (tertiary/aromatic N) is 2. The van der Waals surface area contributed by atoms with Gasteiger partial charge in [-0.3, -0.25) is 4.79 Å². The predicted octanol–water partition coefficient (Wildman–Crippen LogP) is 3.82. The Kier molecular flexibility index (Phi) is 6.62. The second-order valence-corrected chi connectivity index (χ2v) is 5.84. The topological polar surface area (TPSA) is 74.6 Å². The van der Waals surface area contributed by atoms with Crippen LogP contribution in [0.25, 0.3) is 0 Å². The maximum absolute atomic E-state index is 12.6. The van der Waals surface area contributed by atoms with E-state index in [4.69, 9.17) is 9.47 Å². The number of amides is 1. The second-order valence-electron chi connectivity index (χ2n) is 5.84. The summed E-state index contributed by atoms with van der Waals surface area (Å²) < 4.78 is 42.2. The van der Waals surface area contributed by atoms with E-state index in [0.29, 0.717) is 24.6 Å². The van der Waals surface area contributed by atoms with Crippen molar-refractivity contribution < 1.29 is 27.8 Å². The summed E-state index contributed by atoms with van der Waals surface area (Å²) in [6.07, 6.45) is 5.18. The molecule has 0 unspecified atom stereocenters. The number of nitrogens with one attached hydrogen (secondary N) is 1. The Balaban J connectivity index is 1.70. The van der Waals surface area contributed by atoms with Crippen LogP contribution in [-0.4, -0.2) is 35.8 Å². The molecule has 0 aliphatic carbocycles. The maximum atomic E-state index is 12.6. The fourth-order valence-corrected chi connectivity index (χ4v) is 2.58. The van der Waals surface area contributed by atoms with Crippen molar-refractivity contribution in [2.24, 2.45) is 0 Å². The lowest BCUT2D eigenvalue weighted by atomic mass is 10.1. The zero-order valence-corrected chi connectivity index (χ0v) is 15.5. The van der Waals surface area contributed by atoms with Crippen molar-refractivity contribution in [3.63, 3.8) is 0 Å². The lowest BCUT2D eigenvalue weighted by molar-refractivity contribution is -0.0512. The Morgan fingerprint density at radius 2 is 2.00 bits per heavy atom. The van der Waals surface area contributed by atoms with Crippen LogP contribution in [0.2, 0.25) is 0 Å². The van der Waals surface area contributed by atoms with Gasteiger partial charge in [0.25, 0.3) is 5.91 Å². The van der Waals surface area contributed by atoms with Gasteiger partial charge >= 0.3 is 6.61 Å². The van der Waals surface area contributed by atoms with Gasteiger partial charge in [-0.2, -0.15) is 8.78 Å². The van der Waals surface area contributed by atoms with Gasteiger partial charge in [0.05, 0.1) is 25.7 Å². The number of aromatic nitrogens is 2. The largest absolute Gasteiger partial charge is 0.493 e. The van der Waals surface area contributed by atoms with Gasteiger partial charge in [0.1, 0.15) is 12.4 Å². The summed E-state index contributed by atoms with van der Waals surface area (Å²) in [5, 5.41) is 2.72. The number of anilines is 1. The molecular formula is C20H19F2N3O4. The van der Waals surface area contributed by atoms with Gasteiger partial charge in [0.2, 0.25) is 0 Å². The van der Waals surface area contributed by atoms with E-state index in [0.717, 1.165) is 0 Å². The minimum Gasteiger partial charge on any atom is -0.493 e. The Morgan fingerprint density at radius 3 is 2.72 bits per heavy atom. The van der Waals surface area contributed by atoms with Crippen LogP contribution in [0.4, 0.5) is 14.5 Å². The first-order valence-electron chi connectivity index (χ1n) is 8.68. The van der Waals surface area contributed by atoms with E-state index in [2.05, 4.69) is 15.0 Å². The molecule has 3 rings (SSSR count). The molecule has 7 nitrogen and oxygen atoms in total. The number of rotatable bonds is 9. The molecule has 9 heteroatoms. The summed E-state index contributed by atoms with van der Waals surface area (Å²) >= 11 is 0. The molecule has 0 saturated carbocycles. The maximum Gasteiger partial charge on any atom is 0.387 e. The molecule has 2 aromatic carbocycles. The van der Waals surface area contributed by atoms with Gasteiger partial charge in [-0.05, 0) is 30.3 Å². The van der Waals surface area contributed by atoms with Gasteiger partial charge in [-0.1, -0.05) is 12.1 Å². The lowest BCUT2D eigenvalue weighted by Crippen LogP contribution is -2.14. The summed E-state index contributed by atoms with van der Waals surface area (Å²) in [6.45, 7) is -2.07. The highest BCUT2D eigenvalue weighted by Crippen LogP contribution is 2.30. The summed E-state index contributed by atoms with van der Waals surface area (Å²) in [5.74, 6) is -0.138. The third kappa shape index (κ3) is 5.44. The SMILES string of the molecule is COc1ccc(C(=O)Nc2ccccc2OCCn2ccnc2)cc1OC(F)F. The number of hydrogen-bond donors (Lipinski definition) is 1. The number of hydrogen-bond acceptors (Lipinski definition) is 5. The molecule has 1 amide bonds. The number of methoxy groups -OCH3 is 1. The average molecular weight is 403 g/mol. The van der Waals surface area contributed by atoms with Crippen LogP contribution in [-0.2, 0) is 6.54 Å². The molecule has 0 atom stereocenters. The van der Waals surface area contributed by atoms with Crippen LogP contribution in [0.3, 0.4) is 0 Å². The van der Waals surface area contributed by atoms with E-state index in [1.54, 1.807) is 36.8 Å². The minimum absolute atomic E-state index is 0.102.